The van der Waals surface area contributed by atoms with E-state index in [1.54, 1.807) is 0 Å². The molecule has 0 heterocycles. The molecule has 0 aromatic heterocycles. The van der Waals surface area contributed by atoms with Crippen LogP contribution in [0, 0.1) is 11.3 Å². The highest BCUT2D eigenvalue weighted by atomic mass is 28.4. The van der Waals surface area contributed by atoms with Crippen molar-refractivity contribution in [2.75, 3.05) is 13.2 Å². The van der Waals surface area contributed by atoms with Crippen LogP contribution in [0.2, 0.25) is 0 Å². The second-order valence-electron chi connectivity index (χ2n) is 16.9. The molecule has 308 valence electrons. The van der Waals surface area contributed by atoms with Gasteiger partial charge in [-0.15, -0.1) is 0 Å². The van der Waals surface area contributed by atoms with Gasteiger partial charge in [0.1, 0.15) is 0 Å². The number of hydrogen-bond donors (Lipinski definition) is 0. The Kier molecular flexibility index (Phi) is 11.7. The molecule has 0 aliphatic heterocycles. The average molecular weight is 849 g/mol. The van der Waals surface area contributed by atoms with Gasteiger partial charge in [0, 0.05) is 30.5 Å². The van der Waals surface area contributed by atoms with Crippen LogP contribution in [0.4, 0.5) is 0 Å². The summed E-state index contributed by atoms with van der Waals surface area (Å²) in [5.74, 6) is 0.244. The first-order valence-electron chi connectivity index (χ1n) is 22.4. The Hall–Kier alpha value is -6.41. The molecule has 0 saturated heterocycles. The van der Waals surface area contributed by atoms with E-state index >= 15 is 0 Å². The van der Waals surface area contributed by atoms with E-state index in [4.69, 9.17) is 8.85 Å². The minimum Gasteiger partial charge on any atom is -0.404 e. The van der Waals surface area contributed by atoms with Gasteiger partial charge in [-0.2, -0.15) is 0 Å². The lowest BCUT2D eigenvalue weighted by molar-refractivity contribution is 0.135. The number of allylic oxidation sites excluding steroid dienone is 8. The zero-order valence-corrected chi connectivity index (χ0v) is 37.5. The molecule has 3 aliphatic rings. The number of benzene rings is 7. The Morgan fingerprint density at radius 1 is 0.429 bits per heavy atom. The average Bonchev–Trinajstić information content (AvgIpc) is 4.02. The van der Waals surface area contributed by atoms with Gasteiger partial charge in [-0.05, 0) is 66.2 Å². The van der Waals surface area contributed by atoms with Crippen molar-refractivity contribution < 1.29 is 8.85 Å². The van der Waals surface area contributed by atoms with E-state index in [0.29, 0.717) is 13.2 Å². The van der Waals surface area contributed by atoms with Crippen LogP contribution in [0.1, 0.15) is 29.9 Å². The van der Waals surface area contributed by atoms with Gasteiger partial charge >= 0.3 is 0 Å². The van der Waals surface area contributed by atoms with E-state index in [9.17, 15) is 0 Å². The van der Waals surface area contributed by atoms with Crippen LogP contribution in [0.25, 0.3) is 6.08 Å². The molecule has 3 atom stereocenters. The standard InChI is InChI=1S/C59H52O2Si2/c1-7-26-49(27-8-1)62(50-28-9-2-10-29-50,51-30-11-3-12-31-51)60-45-23-44-59(57-42-40-47-24-19-21-38-55(47)57,58-43-41-48-25-20-22-39-56(48)58)46-61-63(52-32-13-4-14-33-52,53-34-15-5-16-35-53)54-36-17-6-18-37-54/h1-22,24-43,55,58H,23,44-46H2. The van der Waals surface area contributed by atoms with Crippen LogP contribution in [0.15, 0.2) is 260 Å². The lowest BCUT2D eigenvalue weighted by Crippen LogP contribution is -2.70. The molecule has 63 heavy (non-hydrogen) atoms. The van der Waals surface area contributed by atoms with Gasteiger partial charge in [0.15, 0.2) is 0 Å². The van der Waals surface area contributed by atoms with Crippen molar-refractivity contribution >= 4 is 53.8 Å². The van der Waals surface area contributed by atoms with Crippen LogP contribution < -0.4 is 31.1 Å². The Bertz CT molecular complexity index is 2590. The van der Waals surface area contributed by atoms with Gasteiger partial charge < -0.3 is 8.85 Å². The van der Waals surface area contributed by atoms with Crippen molar-refractivity contribution in [3.05, 3.63) is 271 Å². The zero-order chi connectivity index (χ0) is 42.4. The van der Waals surface area contributed by atoms with Gasteiger partial charge in [-0.3, -0.25) is 0 Å². The highest BCUT2D eigenvalue weighted by Crippen LogP contribution is 2.56. The normalized spacial score (nSPS) is 17.4. The first-order valence-corrected chi connectivity index (χ1v) is 26.2. The largest absolute Gasteiger partial charge is 0.404 e. The number of fused-ring (bicyclic) bond motifs is 2. The second kappa shape index (κ2) is 18.1. The van der Waals surface area contributed by atoms with E-state index in [2.05, 4.69) is 255 Å². The van der Waals surface area contributed by atoms with E-state index in [1.165, 1.54) is 53.4 Å². The van der Waals surface area contributed by atoms with E-state index in [0.717, 1.165) is 12.8 Å². The molecule has 3 unspecified atom stereocenters. The number of rotatable bonds is 16. The van der Waals surface area contributed by atoms with Gasteiger partial charge in [0.25, 0.3) is 16.6 Å². The molecule has 0 spiro atoms. The Balaban J connectivity index is 1.11. The molecule has 0 radical (unpaired) electrons. The highest BCUT2D eigenvalue weighted by molar-refractivity contribution is 7.07. The van der Waals surface area contributed by atoms with Crippen molar-refractivity contribution in [3.63, 3.8) is 0 Å². The monoisotopic (exact) mass is 848 g/mol. The minimum atomic E-state index is -3.11. The quantitative estimate of drug-likeness (QED) is 0.0549. The zero-order valence-electron chi connectivity index (χ0n) is 35.5. The first kappa shape index (κ1) is 40.7. The summed E-state index contributed by atoms with van der Waals surface area (Å²) in [5.41, 5.74) is 4.97. The molecule has 0 bridgehead atoms. The molecule has 7 aromatic rings. The summed E-state index contributed by atoms with van der Waals surface area (Å²) in [6, 6.07) is 75.0. The molecule has 2 nitrogen and oxygen atoms in total. The van der Waals surface area contributed by atoms with Crippen LogP contribution in [0.3, 0.4) is 0 Å². The fourth-order valence-corrected chi connectivity index (χ4v) is 18.5. The molecule has 10 rings (SSSR count). The van der Waals surface area contributed by atoms with E-state index in [-0.39, 0.29) is 11.8 Å². The van der Waals surface area contributed by atoms with Crippen LogP contribution in [-0.4, -0.2) is 29.8 Å². The lowest BCUT2D eigenvalue weighted by atomic mass is 9.62. The molecule has 0 fully saturated rings. The van der Waals surface area contributed by atoms with Crippen LogP contribution >= 0.6 is 0 Å². The number of hydrogen-bond acceptors (Lipinski definition) is 2. The maximum atomic E-state index is 8.15. The van der Waals surface area contributed by atoms with Gasteiger partial charge in [0.2, 0.25) is 0 Å². The third-order valence-corrected chi connectivity index (χ3v) is 21.6. The summed E-state index contributed by atoms with van der Waals surface area (Å²) in [5, 5.41) is 7.48. The second-order valence-corrected chi connectivity index (χ2v) is 23.7. The highest BCUT2D eigenvalue weighted by Gasteiger charge is 2.51. The van der Waals surface area contributed by atoms with E-state index < -0.39 is 22.0 Å². The Labute approximate surface area is 375 Å². The SMILES string of the molecule is C1=CC2=CC=C(C(CCCO[Si](c3ccccc3)(c3ccccc3)c3ccccc3)(CO[Si](c3ccccc3)(c3ccccc3)c3ccccc3)C3C=Cc4ccccc43)C2C=C1. The predicted molar refractivity (Wildman–Crippen MR) is 268 cm³/mol. The molecular formula is C59H52O2Si2. The van der Waals surface area contributed by atoms with Gasteiger partial charge in [0.05, 0.1) is 0 Å². The van der Waals surface area contributed by atoms with Crippen LogP contribution in [0.5, 0.6) is 0 Å². The van der Waals surface area contributed by atoms with Crippen molar-refractivity contribution in [2.45, 2.75) is 18.8 Å². The van der Waals surface area contributed by atoms with Gasteiger partial charge in [-0.1, -0.05) is 255 Å². The Morgan fingerprint density at radius 2 is 0.873 bits per heavy atom. The van der Waals surface area contributed by atoms with Crippen LogP contribution in [-0.2, 0) is 8.85 Å². The molecule has 3 aliphatic carbocycles. The fourth-order valence-electron chi connectivity index (χ4n) is 10.6. The van der Waals surface area contributed by atoms with Gasteiger partial charge in [-0.25, -0.2) is 0 Å². The molecule has 0 N–H and O–H groups in total. The summed E-state index contributed by atoms with van der Waals surface area (Å²) < 4.78 is 15.8. The molecular weight excluding hydrogens is 797 g/mol. The topological polar surface area (TPSA) is 18.5 Å². The predicted octanol–water partition coefficient (Wildman–Crippen LogP) is 9.54. The van der Waals surface area contributed by atoms with E-state index in [1.807, 2.05) is 0 Å². The maximum absolute atomic E-state index is 8.15. The Morgan fingerprint density at radius 3 is 1.37 bits per heavy atom. The van der Waals surface area contributed by atoms with Crippen molar-refractivity contribution in [2.24, 2.45) is 11.3 Å². The molecule has 4 heteroatoms. The summed E-state index contributed by atoms with van der Waals surface area (Å²) in [4.78, 5) is 0. The third-order valence-electron chi connectivity index (χ3n) is 13.5. The summed E-state index contributed by atoms with van der Waals surface area (Å²) >= 11 is 0. The first-order chi connectivity index (χ1) is 31.2. The minimum absolute atomic E-state index is 0.0837. The molecule has 7 aromatic carbocycles. The molecule has 0 saturated carbocycles. The summed E-state index contributed by atoms with van der Waals surface area (Å²) in [6.45, 7) is 1.12. The maximum Gasteiger partial charge on any atom is 0.288 e. The smallest absolute Gasteiger partial charge is 0.288 e. The van der Waals surface area contributed by atoms with Crippen molar-refractivity contribution in [3.8, 4) is 0 Å². The molecule has 0 amide bonds. The lowest BCUT2D eigenvalue weighted by Gasteiger charge is -2.46. The van der Waals surface area contributed by atoms with Crippen molar-refractivity contribution in [1.29, 1.82) is 0 Å². The van der Waals surface area contributed by atoms with Crippen molar-refractivity contribution in [1.82, 2.24) is 0 Å². The third kappa shape index (κ3) is 7.53. The summed E-state index contributed by atoms with van der Waals surface area (Å²) in [7, 11) is -6.04. The summed E-state index contributed by atoms with van der Waals surface area (Å²) in [6.07, 6.45) is 20.4. The fraction of sp³-hybridized carbons (Fsp3) is 0.119.